The molecule has 3 rings (SSSR count). The highest BCUT2D eigenvalue weighted by Gasteiger charge is 2.13. The van der Waals surface area contributed by atoms with E-state index in [4.69, 9.17) is 5.11 Å². The maximum atomic E-state index is 12.2. The van der Waals surface area contributed by atoms with Crippen LogP contribution in [0.4, 0.5) is 0 Å². The maximum Gasteiger partial charge on any atom is 0.223 e. The average Bonchev–Trinajstić information content (AvgIpc) is 3.12. The summed E-state index contributed by atoms with van der Waals surface area (Å²) >= 11 is 3.23. The van der Waals surface area contributed by atoms with Gasteiger partial charge < -0.3 is 10.0 Å². The number of rotatable bonds is 8. The number of aromatic nitrogens is 2. The number of amides is 1. The van der Waals surface area contributed by atoms with Gasteiger partial charge in [0.25, 0.3) is 0 Å². The third-order valence-electron chi connectivity index (χ3n) is 4.01. The van der Waals surface area contributed by atoms with Crippen LogP contribution in [0.2, 0.25) is 0 Å². The van der Waals surface area contributed by atoms with Crippen molar-refractivity contribution in [3.05, 3.63) is 42.7 Å². The van der Waals surface area contributed by atoms with Crippen LogP contribution >= 0.6 is 23.1 Å². The normalized spacial score (nSPS) is 11.0. The Hall–Kier alpha value is -1.96. The van der Waals surface area contributed by atoms with Gasteiger partial charge in [-0.3, -0.25) is 4.79 Å². The highest BCUT2D eigenvalue weighted by molar-refractivity contribution is 7.99. The second-order valence-corrected chi connectivity index (χ2v) is 7.78. The van der Waals surface area contributed by atoms with Gasteiger partial charge in [-0.25, -0.2) is 9.97 Å². The Bertz CT molecular complexity index is 868. The van der Waals surface area contributed by atoms with E-state index in [0.29, 0.717) is 25.3 Å². The molecular formula is C19H21N3O2S2. The molecule has 1 N–H and O–H groups in total. The van der Waals surface area contributed by atoms with Gasteiger partial charge in [0.2, 0.25) is 5.91 Å². The van der Waals surface area contributed by atoms with Crippen LogP contribution in [0.5, 0.6) is 0 Å². The third kappa shape index (κ3) is 4.41. The van der Waals surface area contributed by atoms with Crippen LogP contribution in [0.3, 0.4) is 0 Å². The molecule has 0 atom stereocenters. The standard InChI is InChI=1S/C19H21N3O2S2/c1-2-22(9-10-23)17(24)8-11-25-18-15-12-16(14-6-4-3-5-7-14)26-19(15)21-13-20-18/h3-7,12-13,23H,2,8-11H2,1H3. The fourth-order valence-corrected chi connectivity index (χ4v) is 4.64. The van der Waals surface area contributed by atoms with Gasteiger partial charge in [0.1, 0.15) is 16.2 Å². The number of fused-ring (bicyclic) bond motifs is 1. The number of hydrogen-bond donors (Lipinski definition) is 1. The molecule has 0 unspecified atom stereocenters. The van der Waals surface area contributed by atoms with E-state index in [0.717, 1.165) is 15.2 Å². The molecule has 0 saturated heterocycles. The van der Waals surface area contributed by atoms with E-state index in [1.54, 1.807) is 34.3 Å². The molecule has 26 heavy (non-hydrogen) atoms. The van der Waals surface area contributed by atoms with Gasteiger partial charge in [-0.15, -0.1) is 23.1 Å². The van der Waals surface area contributed by atoms with Crippen molar-refractivity contribution in [2.24, 2.45) is 0 Å². The fourth-order valence-electron chi connectivity index (χ4n) is 2.67. The topological polar surface area (TPSA) is 66.3 Å². The molecule has 3 aromatic rings. The largest absolute Gasteiger partial charge is 0.395 e. The van der Waals surface area contributed by atoms with Gasteiger partial charge in [0.05, 0.1) is 6.61 Å². The Morgan fingerprint density at radius 2 is 2.08 bits per heavy atom. The summed E-state index contributed by atoms with van der Waals surface area (Å²) in [5.74, 6) is 0.721. The van der Waals surface area contributed by atoms with Gasteiger partial charge >= 0.3 is 0 Å². The first kappa shape index (κ1) is 18.8. The summed E-state index contributed by atoms with van der Waals surface area (Å²) in [5.41, 5.74) is 1.17. The van der Waals surface area contributed by atoms with Crippen LogP contribution in [0.25, 0.3) is 20.7 Å². The summed E-state index contributed by atoms with van der Waals surface area (Å²) in [7, 11) is 0. The molecule has 2 aromatic heterocycles. The maximum absolute atomic E-state index is 12.2. The van der Waals surface area contributed by atoms with Gasteiger partial charge in [-0.2, -0.15) is 0 Å². The van der Waals surface area contributed by atoms with Crippen LogP contribution in [-0.2, 0) is 4.79 Å². The van der Waals surface area contributed by atoms with Gasteiger partial charge in [-0.1, -0.05) is 30.3 Å². The van der Waals surface area contributed by atoms with E-state index < -0.39 is 0 Å². The van der Waals surface area contributed by atoms with Crippen molar-refractivity contribution in [2.45, 2.75) is 18.4 Å². The number of benzene rings is 1. The molecule has 0 saturated carbocycles. The molecule has 7 heteroatoms. The Morgan fingerprint density at radius 1 is 1.27 bits per heavy atom. The van der Waals surface area contributed by atoms with E-state index in [1.165, 1.54) is 10.4 Å². The summed E-state index contributed by atoms with van der Waals surface area (Å²) in [4.78, 5) is 24.8. The third-order valence-corrected chi connectivity index (χ3v) is 6.11. The van der Waals surface area contributed by atoms with Crippen molar-refractivity contribution < 1.29 is 9.90 Å². The second kappa shape index (κ2) is 9.12. The monoisotopic (exact) mass is 387 g/mol. The molecule has 0 aliphatic rings. The van der Waals surface area contributed by atoms with Crippen molar-refractivity contribution in [3.63, 3.8) is 0 Å². The second-order valence-electron chi connectivity index (χ2n) is 5.67. The molecule has 0 fully saturated rings. The van der Waals surface area contributed by atoms with Crippen molar-refractivity contribution in [3.8, 4) is 10.4 Å². The zero-order valence-electron chi connectivity index (χ0n) is 14.6. The van der Waals surface area contributed by atoms with Crippen molar-refractivity contribution >= 4 is 39.2 Å². The molecule has 0 aliphatic carbocycles. The van der Waals surface area contributed by atoms with Crippen LogP contribution in [0.15, 0.2) is 47.8 Å². The minimum absolute atomic E-state index is 0.00355. The van der Waals surface area contributed by atoms with Crippen molar-refractivity contribution in [1.29, 1.82) is 0 Å². The smallest absolute Gasteiger partial charge is 0.223 e. The molecule has 136 valence electrons. The number of aliphatic hydroxyl groups excluding tert-OH is 1. The summed E-state index contributed by atoms with van der Waals surface area (Å²) < 4.78 is 0. The zero-order valence-corrected chi connectivity index (χ0v) is 16.2. The molecule has 0 aliphatic heterocycles. The van der Waals surface area contributed by atoms with E-state index in [1.807, 2.05) is 25.1 Å². The Morgan fingerprint density at radius 3 is 2.81 bits per heavy atom. The average molecular weight is 388 g/mol. The lowest BCUT2D eigenvalue weighted by atomic mass is 10.2. The van der Waals surface area contributed by atoms with E-state index in [9.17, 15) is 4.79 Å². The lowest BCUT2D eigenvalue weighted by Gasteiger charge is -2.19. The van der Waals surface area contributed by atoms with E-state index in [-0.39, 0.29) is 12.5 Å². The van der Waals surface area contributed by atoms with Gasteiger partial charge in [0, 0.05) is 35.5 Å². The lowest BCUT2D eigenvalue weighted by Crippen LogP contribution is -2.33. The Balaban J connectivity index is 1.70. The minimum Gasteiger partial charge on any atom is -0.395 e. The van der Waals surface area contributed by atoms with Crippen molar-refractivity contribution in [2.75, 3.05) is 25.4 Å². The minimum atomic E-state index is -0.00355. The summed E-state index contributed by atoms with van der Waals surface area (Å²) in [6.07, 6.45) is 2.02. The number of carbonyl (C=O) groups excluding carboxylic acids is 1. The van der Waals surface area contributed by atoms with Crippen molar-refractivity contribution in [1.82, 2.24) is 14.9 Å². The number of thiophene rings is 1. The zero-order chi connectivity index (χ0) is 18.4. The number of likely N-dealkylation sites (N-methyl/N-ethyl adjacent to an activating group) is 1. The number of hydrogen-bond acceptors (Lipinski definition) is 6. The number of carbonyl (C=O) groups is 1. The predicted octanol–water partition coefficient (Wildman–Crippen LogP) is 3.68. The number of nitrogens with zero attached hydrogens (tertiary/aromatic N) is 3. The first-order valence-corrected chi connectivity index (χ1v) is 10.3. The van der Waals surface area contributed by atoms with Crippen LogP contribution in [0.1, 0.15) is 13.3 Å². The molecule has 2 heterocycles. The van der Waals surface area contributed by atoms with Crippen LogP contribution in [-0.4, -0.2) is 51.3 Å². The van der Waals surface area contributed by atoms with Crippen LogP contribution < -0.4 is 0 Å². The molecule has 5 nitrogen and oxygen atoms in total. The van der Waals surface area contributed by atoms with E-state index >= 15 is 0 Å². The lowest BCUT2D eigenvalue weighted by molar-refractivity contribution is -0.131. The molecular weight excluding hydrogens is 366 g/mol. The Labute approximate surface area is 161 Å². The van der Waals surface area contributed by atoms with Crippen LogP contribution in [0, 0.1) is 0 Å². The molecule has 0 bridgehead atoms. The predicted molar refractivity (Wildman–Crippen MR) is 108 cm³/mol. The highest BCUT2D eigenvalue weighted by atomic mass is 32.2. The Kier molecular flexibility index (Phi) is 6.60. The number of aliphatic hydroxyl groups is 1. The fraction of sp³-hybridized carbons (Fsp3) is 0.316. The summed E-state index contributed by atoms with van der Waals surface area (Å²) in [6, 6.07) is 12.4. The molecule has 1 amide bonds. The first-order valence-electron chi connectivity index (χ1n) is 8.54. The SMILES string of the molecule is CCN(CCO)C(=O)CCSc1ncnc2sc(-c3ccccc3)cc12. The highest BCUT2D eigenvalue weighted by Crippen LogP contribution is 2.36. The molecule has 0 radical (unpaired) electrons. The molecule has 0 spiro atoms. The first-order chi connectivity index (χ1) is 12.7. The van der Waals surface area contributed by atoms with E-state index in [2.05, 4.69) is 28.2 Å². The number of thioether (sulfide) groups is 1. The summed E-state index contributed by atoms with van der Waals surface area (Å²) in [6.45, 7) is 2.93. The van der Waals surface area contributed by atoms with Gasteiger partial charge in [-0.05, 0) is 18.6 Å². The van der Waals surface area contributed by atoms with Gasteiger partial charge in [0.15, 0.2) is 0 Å². The quantitative estimate of drug-likeness (QED) is 0.472. The molecule has 1 aromatic carbocycles. The summed E-state index contributed by atoms with van der Waals surface area (Å²) in [5, 5.41) is 11.0.